The van der Waals surface area contributed by atoms with Crippen LogP contribution in [0.1, 0.15) is 0 Å². The molecule has 5 heteroatoms. The Balaban J connectivity index is 0. The van der Waals surface area contributed by atoms with E-state index in [1.807, 2.05) is 0 Å². The van der Waals surface area contributed by atoms with Gasteiger partial charge in [0.2, 0.25) is 0 Å². The first-order valence-corrected chi connectivity index (χ1v) is 0. The molecule has 0 aliphatic heterocycles. The molecule has 0 spiro atoms. The maximum absolute atomic E-state index is 0. The minimum absolute atomic E-state index is 0. The second-order valence-electron chi connectivity index (χ2n) is 0. The van der Waals surface area contributed by atoms with Crippen LogP contribution in [-0.4, -0.2) is 17.4 Å². The molecule has 0 aliphatic carbocycles. The summed E-state index contributed by atoms with van der Waals surface area (Å²) >= 11 is 0. The largest absolute Gasteiger partial charge is 3.00 e. The van der Waals surface area contributed by atoms with E-state index in [4.69, 9.17) is 0 Å². The van der Waals surface area contributed by atoms with E-state index in [1.54, 1.807) is 0 Å². The minimum atomic E-state index is 0. The van der Waals surface area contributed by atoms with Crippen molar-refractivity contribution in [1.82, 2.24) is 0 Å². The van der Waals surface area contributed by atoms with E-state index in [0.29, 0.717) is 0 Å². The topological polar surface area (TPSA) is 0 Å². The van der Waals surface area contributed by atoms with Crippen molar-refractivity contribution in [3.8, 4) is 0 Å². The zero-order chi connectivity index (χ0) is 0. The number of rotatable bonds is 0. The molecule has 0 heterocycles. The summed E-state index contributed by atoms with van der Waals surface area (Å²) in [4.78, 5) is 0. The second-order valence-corrected chi connectivity index (χ2v) is 0. The van der Waals surface area contributed by atoms with E-state index >= 15 is 0 Å². The van der Waals surface area contributed by atoms with Gasteiger partial charge in [0.25, 0.3) is 0 Å². The normalized spacial score (nSPS) is 0. The molecule has 0 nitrogen and oxygen atoms in total. The summed E-state index contributed by atoms with van der Waals surface area (Å²) in [5.41, 5.74) is 0. The van der Waals surface area contributed by atoms with Crippen LogP contribution in [0.2, 0.25) is 0 Å². The maximum Gasteiger partial charge on any atom is 3.00 e. The first kappa shape index (κ1) is 39.3. The van der Waals surface area contributed by atoms with Crippen LogP contribution in [0.3, 0.4) is 0 Å². The van der Waals surface area contributed by atoms with Gasteiger partial charge in [-0.3, -0.25) is 0 Å². The SMILES string of the molecule is [Al+3].[F-].[Na+].[Na+].[Na+]. The molecule has 0 rings (SSSR count). The monoisotopic (exact) mass is 115 g/mol. The molecule has 0 unspecified atom stereocenters. The molecule has 0 saturated heterocycles. The predicted octanol–water partition coefficient (Wildman–Crippen LogP) is -12.4. The Hall–Kier alpha value is 3.46. The number of halogens is 1. The standard InChI is InChI=1S/Al.FH.3Na/h;1H;;;/q+3;;3*+1/p-1. The Kier molecular flexibility index (Phi) is 204. The van der Waals surface area contributed by atoms with E-state index in [-0.39, 0.29) is 111 Å². The van der Waals surface area contributed by atoms with E-state index in [1.165, 1.54) is 0 Å². The van der Waals surface area contributed by atoms with Gasteiger partial charge in [0.15, 0.2) is 0 Å². The van der Waals surface area contributed by atoms with E-state index in [9.17, 15) is 0 Å². The zero-order valence-electron chi connectivity index (χ0n) is 3.96. The van der Waals surface area contributed by atoms with E-state index < -0.39 is 0 Å². The molecule has 0 saturated carbocycles. The van der Waals surface area contributed by atoms with Gasteiger partial charge in [0, 0.05) is 0 Å². The third-order valence-electron chi connectivity index (χ3n) is 0. The molecule has 0 atom stereocenters. The van der Waals surface area contributed by atoms with Crippen LogP contribution in [-0.2, 0) is 0 Å². The fourth-order valence-electron chi connectivity index (χ4n) is 0. The first-order valence-electron chi connectivity index (χ1n) is 0. The molecule has 8 valence electrons. The molecule has 0 aromatic carbocycles. The van der Waals surface area contributed by atoms with Crippen molar-refractivity contribution in [3.63, 3.8) is 0 Å². The molecule has 0 amide bonds. The van der Waals surface area contributed by atoms with Crippen LogP contribution in [0, 0.1) is 0 Å². The number of hydrogen-bond acceptors (Lipinski definition) is 0. The van der Waals surface area contributed by atoms with Crippen LogP contribution in [0.25, 0.3) is 0 Å². The third-order valence-corrected chi connectivity index (χ3v) is 0. The van der Waals surface area contributed by atoms with Crippen molar-refractivity contribution in [2.75, 3.05) is 0 Å². The van der Waals surface area contributed by atoms with Crippen LogP contribution in [0.5, 0.6) is 0 Å². The van der Waals surface area contributed by atoms with Crippen LogP contribution in [0.4, 0.5) is 0 Å². The summed E-state index contributed by atoms with van der Waals surface area (Å²) in [7, 11) is 0. The quantitative estimate of drug-likeness (QED) is 0.275. The Morgan fingerprint density at radius 3 is 0.600 bits per heavy atom. The van der Waals surface area contributed by atoms with Gasteiger partial charge in [-0.05, 0) is 0 Å². The van der Waals surface area contributed by atoms with Gasteiger partial charge in [-0.2, -0.15) is 0 Å². The van der Waals surface area contributed by atoms with Crippen molar-refractivity contribution >= 4 is 17.4 Å². The molecule has 0 aromatic heterocycles. The average molecular weight is 115 g/mol. The Labute approximate surface area is 108 Å². The third kappa shape index (κ3) is 18.6. The predicted molar refractivity (Wildman–Crippen MR) is 5.75 cm³/mol. The fraction of sp³-hybridized carbons (Fsp3) is 0. The van der Waals surface area contributed by atoms with Gasteiger partial charge in [0.1, 0.15) is 0 Å². The summed E-state index contributed by atoms with van der Waals surface area (Å²) in [6.07, 6.45) is 0. The minimum Gasteiger partial charge on any atom is -1.00 e. The Morgan fingerprint density at radius 1 is 0.600 bits per heavy atom. The van der Waals surface area contributed by atoms with Crippen molar-refractivity contribution in [2.24, 2.45) is 0 Å². The van der Waals surface area contributed by atoms with Gasteiger partial charge in [-0.15, -0.1) is 0 Å². The van der Waals surface area contributed by atoms with E-state index in [2.05, 4.69) is 0 Å². The van der Waals surface area contributed by atoms with Crippen LogP contribution in [0.15, 0.2) is 0 Å². The number of hydrogen-bond donors (Lipinski definition) is 0. The van der Waals surface area contributed by atoms with Crippen molar-refractivity contribution < 1.29 is 93.4 Å². The molecule has 5 heavy (non-hydrogen) atoms. The Bertz CT molecular complexity index is 6.85. The average Bonchev–Trinajstić information content (AvgIpc) is 0. The Morgan fingerprint density at radius 2 is 0.600 bits per heavy atom. The summed E-state index contributed by atoms with van der Waals surface area (Å²) in [5.74, 6) is 0. The maximum atomic E-state index is 0. The molecule has 0 bridgehead atoms. The summed E-state index contributed by atoms with van der Waals surface area (Å²) in [5, 5.41) is 0. The van der Waals surface area contributed by atoms with Crippen molar-refractivity contribution in [1.29, 1.82) is 0 Å². The van der Waals surface area contributed by atoms with Gasteiger partial charge in [0.05, 0.1) is 0 Å². The first-order chi connectivity index (χ1) is 0. The van der Waals surface area contributed by atoms with Crippen LogP contribution >= 0.6 is 0 Å². The summed E-state index contributed by atoms with van der Waals surface area (Å²) < 4.78 is 0. The molecule has 0 fully saturated rings. The molecule has 0 N–H and O–H groups in total. The van der Waals surface area contributed by atoms with Gasteiger partial charge in [-0.1, -0.05) is 0 Å². The molecular weight excluding hydrogens is 115 g/mol. The van der Waals surface area contributed by atoms with E-state index in [0.717, 1.165) is 0 Å². The van der Waals surface area contributed by atoms with Crippen molar-refractivity contribution in [2.45, 2.75) is 0 Å². The summed E-state index contributed by atoms with van der Waals surface area (Å²) in [6.45, 7) is 0. The van der Waals surface area contributed by atoms with Gasteiger partial charge < -0.3 is 4.70 Å². The smallest absolute Gasteiger partial charge is 1.00 e. The van der Waals surface area contributed by atoms with Crippen molar-refractivity contribution in [3.05, 3.63) is 0 Å². The second kappa shape index (κ2) is 26.0. The fourth-order valence-corrected chi connectivity index (χ4v) is 0. The molecular formula is AlFNa3+5. The van der Waals surface area contributed by atoms with Crippen LogP contribution < -0.4 is 93.4 Å². The van der Waals surface area contributed by atoms with Gasteiger partial charge in [-0.25, -0.2) is 0 Å². The molecule has 0 radical (unpaired) electrons. The molecule has 0 aliphatic rings. The molecule has 0 aromatic rings. The summed E-state index contributed by atoms with van der Waals surface area (Å²) in [6, 6.07) is 0. The zero-order valence-corrected chi connectivity index (χ0v) is 11.1. The van der Waals surface area contributed by atoms with Gasteiger partial charge >= 0.3 is 106 Å².